The molecule has 0 aliphatic carbocycles. The van der Waals surface area contributed by atoms with Crippen molar-refractivity contribution in [3.05, 3.63) is 42.0 Å². The maximum absolute atomic E-state index is 5.86. The number of rotatable bonds is 6. The van der Waals surface area contributed by atoms with Gasteiger partial charge in [0.1, 0.15) is 5.75 Å². The largest absolute Gasteiger partial charge is 0.493 e. The number of ether oxygens (including phenoxy) is 1. The summed E-state index contributed by atoms with van der Waals surface area (Å²) in [4.78, 5) is 0. The van der Waals surface area contributed by atoms with Crippen LogP contribution < -0.4 is 10.1 Å². The number of unbranched alkanes of at least 4 members (excludes halogenated alkanes) is 1. The van der Waals surface area contributed by atoms with Crippen LogP contribution in [0.4, 0.5) is 0 Å². The van der Waals surface area contributed by atoms with Gasteiger partial charge in [0.05, 0.1) is 6.61 Å². The highest BCUT2D eigenvalue weighted by Gasteiger charge is 2.07. The third-order valence-corrected chi connectivity index (χ3v) is 3.07. The maximum Gasteiger partial charge on any atom is 0.124 e. The fourth-order valence-corrected chi connectivity index (χ4v) is 2.17. The van der Waals surface area contributed by atoms with Gasteiger partial charge in [0.25, 0.3) is 0 Å². The molecule has 0 aliphatic heterocycles. The lowest BCUT2D eigenvalue weighted by molar-refractivity contribution is 0.310. The molecule has 0 bridgehead atoms. The molecule has 1 N–H and O–H groups in total. The fourth-order valence-electron chi connectivity index (χ4n) is 2.17. The minimum Gasteiger partial charge on any atom is -0.493 e. The zero-order valence-corrected chi connectivity index (χ0v) is 11.3. The van der Waals surface area contributed by atoms with E-state index in [0.717, 1.165) is 25.1 Å². The molecule has 19 heavy (non-hydrogen) atoms. The Balaban J connectivity index is 2.27. The molecular weight excluding hydrogens is 234 g/mol. The molecule has 0 unspecified atom stereocenters. The third-order valence-electron chi connectivity index (χ3n) is 3.07. The standard InChI is InChI=1S/C17H19NO/c1-3-4-7-12-19-17-11-10-14-8-5-6-9-15(14)16(17)13-18-2/h1,5-6,8-11,18H,4,7,12-13H2,2H3. The van der Waals surface area contributed by atoms with Crippen molar-refractivity contribution in [2.75, 3.05) is 13.7 Å². The van der Waals surface area contributed by atoms with E-state index in [1.54, 1.807) is 0 Å². The molecule has 0 saturated heterocycles. The topological polar surface area (TPSA) is 21.3 Å². The van der Waals surface area contributed by atoms with E-state index in [0.29, 0.717) is 6.61 Å². The summed E-state index contributed by atoms with van der Waals surface area (Å²) < 4.78 is 5.86. The van der Waals surface area contributed by atoms with Crippen LogP contribution in [0.5, 0.6) is 5.75 Å². The maximum atomic E-state index is 5.86. The Morgan fingerprint density at radius 3 is 2.84 bits per heavy atom. The zero-order valence-electron chi connectivity index (χ0n) is 11.3. The molecule has 2 nitrogen and oxygen atoms in total. The molecule has 0 spiro atoms. The lowest BCUT2D eigenvalue weighted by Gasteiger charge is -2.13. The Kier molecular flexibility index (Phi) is 4.83. The van der Waals surface area contributed by atoms with E-state index in [2.05, 4.69) is 41.6 Å². The first-order chi connectivity index (χ1) is 9.36. The SMILES string of the molecule is C#CCCCOc1ccc2ccccc2c1CNC. The molecule has 0 aliphatic rings. The summed E-state index contributed by atoms with van der Waals surface area (Å²) >= 11 is 0. The second-order valence-electron chi connectivity index (χ2n) is 4.45. The molecule has 0 radical (unpaired) electrons. The van der Waals surface area contributed by atoms with Crippen LogP contribution in [0.25, 0.3) is 10.8 Å². The van der Waals surface area contributed by atoms with E-state index in [9.17, 15) is 0 Å². The van der Waals surface area contributed by atoms with Crippen molar-refractivity contribution in [1.29, 1.82) is 0 Å². The van der Waals surface area contributed by atoms with Crippen molar-refractivity contribution in [2.45, 2.75) is 19.4 Å². The number of hydrogen-bond acceptors (Lipinski definition) is 2. The molecule has 2 heteroatoms. The van der Waals surface area contributed by atoms with Gasteiger partial charge < -0.3 is 10.1 Å². The van der Waals surface area contributed by atoms with Crippen LogP contribution in [0.1, 0.15) is 18.4 Å². The summed E-state index contributed by atoms with van der Waals surface area (Å²) in [5, 5.41) is 5.69. The van der Waals surface area contributed by atoms with Crippen LogP contribution in [0, 0.1) is 12.3 Å². The van der Waals surface area contributed by atoms with Crippen LogP contribution in [0.3, 0.4) is 0 Å². The minimum absolute atomic E-state index is 0.666. The molecule has 2 aromatic rings. The van der Waals surface area contributed by atoms with E-state index < -0.39 is 0 Å². The quantitative estimate of drug-likeness (QED) is 0.629. The molecular formula is C17H19NO. The zero-order chi connectivity index (χ0) is 13.5. The van der Waals surface area contributed by atoms with Crippen molar-refractivity contribution in [2.24, 2.45) is 0 Å². The Morgan fingerprint density at radius 2 is 2.05 bits per heavy atom. The van der Waals surface area contributed by atoms with E-state index in [-0.39, 0.29) is 0 Å². The van der Waals surface area contributed by atoms with E-state index in [4.69, 9.17) is 11.2 Å². The van der Waals surface area contributed by atoms with Gasteiger partial charge in [-0.1, -0.05) is 30.3 Å². The summed E-state index contributed by atoms with van der Waals surface area (Å²) in [7, 11) is 1.95. The van der Waals surface area contributed by atoms with Gasteiger partial charge in [0, 0.05) is 18.5 Å². The number of fused-ring (bicyclic) bond motifs is 1. The fraction of sp³-hybridized carbons (Fsp3) is 0.294. The van der Waals surface area contributed by atoms with Crippen molar-refractivity contribution >= 4 is 10.8 Å². The van der Waals surface area contributed by atoms with Gasteiger partial charge in [0.2, 0.25) is 0 Å². The number of benzene rings is 2. The van der Waals surface area contributed by atoms with Crippen molar-refractivity contribution in [3.63, 3.8) is 0 Å². The van der Waals surface area contributed by atoms with Crippen LogP contribution in [-0.4, -0.2) is 13.7 Å². The van der Waals surface area contributed by atoms with Crippen molar-refractivity contribution in [1.82, 2.24) is 5.32 Å². The second kappa shape index (κ2) is 6.82. The van der Waals surface area contributed by atoms with E-state index >= 15 is 0 Å². The molecule has 0 fully saturated rings. The minimum atomic E-state index is 0.666. The van der Waals surface area contributed by atoms with Gasteiger partial charge >= 0.3 is 0 Å². The number of hydrogen-bond donors (Lipinski definition) is 1. The predicted molar refractivity (Wildman–Crippen MR) is 80.3 cm³/mol. The molecule has 0 atom stereocenters. The number of terminal acetylenes is 1. The summed E-state index contributed by atoms with van der Waals surface area (Å²) in [5.41, 5.74) is 1.21. The first-order valence-corrected chi connectivity index (χ1v) is 6.58. The first-order valence-electron chi connectivity index (χ1n) is 6.58. The second-order valence-corrected chi connectivity index (χ2v) is 4.45. The molecule has 0 amide bonds. The van der Waals surface area contributed by atoms with Crippen LogP contribution in [0.2, 0.25) is 0 Å². The normalized spacial score (nSPS) is 10.3. The molecule has 0 heterocycles. The van der Waals surface area contributed by atoms with Crippen LogP contribution in [0.15, 0.2) is 36.4 Å². The summed E-state index contributed by atoms with van der Waals surface area (Å²) in [6.07, 6.45) is 6.89. The van der Waals surface area contributed by atoms with Crippen molar-refractivity contribution in [3.8, 4) is 18.1 Å². The Morgan fingerprint density at radius 1 is 1.21 bits per heavy atom. The monoisotopic (exact) mass is 253 g/mol. The molecule has 2 rings (SSSR count). The number of nitrogens with one attached hydrogen (secondary N) is 1. The van der Waals surface area contributed by atoms with Gasteiger partial charge in [-0.25, -0.2) is 0 Å². The smallest absolute Gasteiger partial charge is 0.124 e. The third kappa shape index (κ3) is 3.27. The van der Waals surface area contributed by atoms with Crippen molar-refractivity contribution < 1.29 is 4.74 Å². The lowest BCUT2D eigenvalue weighted by atomic mass is 10.0. The Hall–Kier alpha value is -1.98. The first kappa shape index (κ1) is 13.5. The Labute approximate surface area is 114 Å². The Bertz CT molecular complexity index is 583. The summed E-state index contributed by atoms with van der Waals surface area (Å²) in [6, 6.07) is 12.5. The van der Waals surface area contributed by atoms with Gasteiger partial charge in [-0.15, -0.1) is 12.3 Å². The van der Waals surface area contributed by atoms with Crippen LogP contribution in [-0.2, 0) is 6.54 Å². The molecule has 98 valence electrons. The predicted octanol–water partition coefficient (Wildman–Crippen LogP) is 3.35. The summed E-state index contributed by atoms with van der Waals surface area (Å²) in [6.45, 7) is 1.46. The summed E-state index contributed by atoms with van der Waals surface area (Å²) in [5.74, 6) is 3.58. The van der Waals surface area contributed by atoms with Crippen LogP contribution >= 0.6 is 0 Å². The molecule has 0 aromatic heterocycles. The molecule has 2 aromatic carbocycles. The average Bonchev–Trinajstić information content (AvgIpc) is 2.45. The molecule has 0 saturated carbocycles. The van der Waals surface area contributed by atoms with Gasteiger partial charge in [-0.05, 0) is 30.3 Å². The van der Waals surface area contributed by atoms with E-state index in [1.165, 1.54) is 16.3 Å². The lowest BCUT2D eigenvalue weighted by Crippen LogP contribution is -2.08. The van der Waals surface area contributed by atoms with Gasteiger partial charge in [-0.2, -0.15) is 0 Å². The van der Waals surface area contributed by atoms with E-state index in [1.807, 2.05) is 13.1 Å². The van der Waals surface area contributed by atoms with Gasteiger partial charge in [-0.3, -0.25) is 0 Å². The highest BCUT2D eigenvalue weighted by Crippen LogP contribution is 2.28. The average molecular weight is 253 g/mol. The van der Waals surface area contributed by atoms with Gasteiger partial charge in [0.15, 0.2) is 0 Å². The highest BCUT2D eigenvalue weighted by atomic mass is 16.5. The highest BCUT2D eigenvalue weighted by molar-refractivity contribution is 5.87.